The number of sulfone groups is 1. The molecule has 1 atom stereocenters. The average Bonchev–Trinajstić information content (AvgIpc) is 2.53. The molecule has 2 aromatic rings. The topological polar surface area (TPSA) is 72.5 Å². The van der Waals surface area contributed by atoms with Crippen molar-refractivity contribution in [3.63, 3.8) is 0 Å². The Labute approximate surface area is 142 Å². The van der Waals surface area contributed by atoms with Crippen LogP contribution in [-0.2, 0) is 14.6 Å². The minimum absolute atomic E-state index is 0.0728. The van der Waals surface area contributed by atoms with Gasteiger partial charge in [-0.15, -0.1) is 0 Å². The lowest BCUT2D eigenvalue weighted by molar-refractivity contribution is -0.123. The molecular formula is C18H21NO4S. The fourth-order valence-electron chi connectivity index (χ4n) is 2.23. The summed E-state index contributed by atoms with van der Waals surface area (Å²) < 4.78 is 28.4. The third-order valence-electron chi connectivity index (χ3n) is 3.64. The molecule has 0 fully saturated rings. The highest BCUT2D eigenvalue weighted by Crippen LogP contribution is 2.17. The molecule has 1 unspecified atom stereocenters. The predicted octanol–water partition coefficient (Wildman–Crippen LogP) is 2.65. The van der Waals surface area contributed by atoms with E-state index in [4.69, 9.17) is 4.74 Å². The Morgan fingerprint density at radius 1 is 1.12 bits per heavy atom. The highest BCUT2D eigenvalue weighted by atomic mass is 32.2. The molecule has 0 saturated carbocycles. The highest BCUT2D eigenvalue weighted by Gasteiger charge is 2.12. The molecule has 6 heteroatoms. The van der Waals surface area contributed by atoms with Gasteiger partial charge >= 0.3 is 0 Å². The zero-order valence-corrected chi connectivity index (χ0v) is 14.8. The van der Waals surface area contributed by atoms with Gasteiger partial charge in [-0.3, -0.25) is 4.79 Å². The lowest BCUT2D eigenvalue weighted by Gasteiger charge is -2.15. The molecule has 0 aliphatic rings. The van der Waals surface area contributed by atoms with E-state index in [1.807, 2.05) is 38.1 Å². The van der Waals surface area contributed by atoms with E-state index in [-0.39, 0.29) is 23.5 Å². The van der Waals surface area contributed by atoms with Crippen LogP contribution in [0.1, 0.15) is 24.1 Å². The summed E-state index contributed by atoms with van der Waals surface area (Å²) in [7, 11) is -3.22. The summed E-state index contributed by atoms with van der Waals surface area (Å²) in [6.07, 6.45) is 1.16. The van der Waals surface area contributed by atoms with Gasteiger partial charge in [-0.2, -0.15) is 0 Å². The molecule has 0 aliphatic heterocycles. The molecule has 0 bridgehead atoms. The second kappa shape index (κ2) is 7.49. The maximum absolute atomic E-state index is 12.0. The molecule has 0 saturated heterocycles. The number of aryl methyl sites for hydroxylation is 1. The van der Waals surface area contributed by atoms with Gasteiger partial charge in [0.05, 0.1) is 10.9 Å². The number of rotatable bonds is 6. The number of nitrogens with one attached hydrogen (secondary N) is 1. The molecule has 0 aliphatic carbocycles. The number of carbonyl (C=O) groups is 1. The number of hydrogen-bond acceptors (Lipinski definition) is 4. The van der Waals surface area contributed by atoms with Crippen molar-refractivity contribution in [2.75, 3.05) is 12.9 Å². The first-order valence-electron chi connectivity index (χ1n) is 7.55. The lowest BCUT2D eigenvalue weighted by atomic mass is 10.1. The van der Waals surface area contributed by atoms with E-state index in [9.17, 15) is 13.2 Å². The molecule has 0 radical (unpaired) electrons. The highest BCUT2D eigenvalue weighted by molar-refractivity contribution is 7.90. The van der Waals surface area contributed by atoms with Crippen LogP contribution in [-0.4, -0.2) is 27.2 Å². The van der Waals surface area contributed by atoms with Crippen LogP contribution in [0.4, 0.5) is 0 Å². The fraction of sp³-hybridized carbons (Fsp3) is 0.278. The Morgan fingerprint density at radius 3 is 2.33 bits per heavy atom. The monoisotopic (exact) mass is 347 g/mol. The summed E-state index contributed by atoms with van der Waals surface area (Å²) >= 11 is 0. The zero-order chi connectivity index (χ0) is 17.7. The number of benzene rings is 2. The summed E-state index contributed by atoms with van der Waals surface area (Å²) in [6, 6.07) is 13.7. The minimum atomic E-state index is -3.22. The summed E-state index contributed by atoms with van der Waals surface area (Å²) in [5, 5.41) is 2.83. The Kier molecular flexibility index (Phi) is 5.62. The molecule has 0 heterocycles. The number of ether oxygens (including phenoxy) is 1. The van der Waals surface area contributed by atoms with Crippen LogP contribution in [0.5, 0.6) is 5.75 Å². The second-order valence-corrected chi connectivity index (χ2v) is 7.70. The summed E-state index contributed by atoms with van der Waals surface area (Å²) in [4.78, 5) is 12.3. The van der Waals surface area contributed by atoms with E-state index in [0.29, 0.717) is 5.75 Å². The Bertz CT molecular complexity index is 813. The van der Waals surface area contributed by atoms with Gasteiger partial charge in [0.15, 0.2) is 16.4 Å². The van der Waals surface area contributed by atoms with Crippen LogP contribution in [0.2, 0.25) is 0 Å². The van der Waals surface area contributed by atoms with E-state index < -0.39 is 9.84 Å². The van der Waals surface area contributed by atoms with Gasteiger partial charge in [0.2, 0.25) is 0 Å². The van der Waals surface area contributed by atoms with Crippen LogP contribution in [0.25, 0.3) is 0 Å². The molecule has 0 spiro atoms. The first kappa shape index (κ1) is 18.0. The number of hydrogen-bond donors (Lipinski definition) is 1. The molecule has 1 amide bonds. The average molecular weight is 347 g/mol. The molecule has 5 nitrogen and oxygen atoms in total. The normalized spacial score (nSPS) is 12.5. The summed E-state index contributed by atoms with van der Waals surface area (Å²) in [5.74, 6) is 0.441. The quantitative estimate of drug-likeness (QED) is 0.872. The van der Waals surface area contributed by atoms with Gasteiger partial charge in [0.1, 0.15) is 5.75 Å². The van der Waals surface area contributed by atoms with Gasteiger partial charge < -0.3 is 10.1 Å². The van der Waals surface area contributed by atoms with Gasteiger partial charge in [-0.25, -0.2) is 8.42 Å². The third-order valence-corrected chi connectivity index (χ3v) is 4.77. The van der Waals surface area contributed by atoms with E-state index in [2.05, 4.69) is 5.32 Å². The molecule has 24 heavy (non-hydrogen) atoms. The Hall–Kier alpha value is -2.34. The van der Waals surface area contributed by atoms with Crippen LogP contribution >= 0.6 is 0 Å². The molecule has 2 rings (SSSR count). The Morgan fingerprint density at radius 2 is 1.75 bits per heavy atom. The van der Waals surface area contributed by atoms with Crippen LogP contribution < -0.4 is 10.1 Å². The van der Waals surface area contributed by atoms with Crippen molar-refractivity contribution in [2.45, 2.75) is 24.8 Å². The van der Waals surface area contributed by atoms with Crippen molar-refractivity contribution in [2.24, 2.45) is 0 Å². The minimum Gasteiger partial charge on any atom is -0.484 e. The molecule has 1 N–H and O–H groups in total. The second-order valence-electron chi connectivity index (χ2n) is 5.68. The van der Waals surface area contributed by atoms with Crippen LogP contribution in [0.3, 0.4) is 0 Å². The molecule has 2 aromatic carbocycles. The van der Waals surface area contributed by atoms with Crippen LogP contribution in [0, 0.1) is 6.92 Å². The molecule has 0 aromatic heterocycles. The third kappa shape index (κ3) is 4.83. The zero-order valence-electron chi connectivity index (χ0n) is 13.9. The summed E-state index contributed by atoms with van der Waals surface area (Å²) in [6.45, 7) is 3.68. The van der Waals surface area contributed by atoms with Gasteiger partial charge in [-0.1, -0.05) is 30.3 Å². The first-order valence-corrected chi connectivity index (χ1v) is 9.44. The van der Waals surface area contributed by atoms with Crippen molar-refractivity contribution in [3.05, 3.63) is 59.7 Å². The van der Waals surface area contributed by atoms with E-state index >= 15 is 0 Å². The Balaban J connectivity index is 1.93. The lowest BCUT2D eigenvalue weighted by Crippen LogP contribution is -2.31. The standard InChI is InChI=1S/C18H21NO4S/c1-13-6-4-5-7-17(13)23-12-18(20)19-14(2)15-8-10-16(11-9-15)24(3,21)22/h4-11,14H,12H2,1-3H3,(H,19,20). The van der Waals surface area contributed by atoms with E-state index in [1.54, 1.807) is 12.1 Å². The maximum atomic E-state index is 12.0. The van der Waals surface area contributed by atoms with Gasteiger partial charge in [0.25, 0.3) is 5.91 Å². The maximum Gasteiger partial charge on any atom is 0.258 e. The largest absolute Gasteiger partial charge is 0.484 e. The van der Waals surface area contributed by atoms with Crippen molar-refractivity contribution in [1.82, 2.24) is 5.32 Å². The molecule has 128 valence electrons. The number of amides is 1. The van der Waals surface area contributed by atoms with E-state index in [0.717, 1.165) is 17.4 Å². The van der Waals surface area contributed by atoms with E-state index in [1.165, 1.54) is 12.1 Å². The molecular weight excluding hydrogens is 326 g/mol. The number of carbonyl (C=O) groups excluding carboxylic acids is 1. The van der Waals surface area contributed by atoms with Crippen molar-refractivity contribution < 1.29 is 17.9 Å². The smallest absolute Gasteiger partial charge is 0.258 e. The predicted molar refractivity (Wildman–Crippen MR) is 92.8 cm³/mol. The van der Waals surface area contributed by atoms with Gasteiger partial charge in [-0.05, 0) is 43.2 Å². The van der Waals surface area contributed by atoms with Crippen LogP contribution in [0.15, 0.2) is 53.4 Å². The van der Waals surface area contributed by atoms with Gasteiger partial charge in [0, 0.05) is 6.26 Å². The summed E-state index contributed by atoms with van der Waals surface area (Å²) in [5.41, 5.74) is 1.79. The van der Waals surface area contributed by atoms with Crippen molar-refractivity contribution >= 4 is 15.7 Å². The van der Waals surface area contributed by atoms with Crippen molar-refractivity contribution in [3.8, 4) is 5.75 Å². The fourth-order valence-corrected chi connectivity index (χ4v) is 2.86. The number of para-hydroxylation sites is 1. The SMILES string of the molecule is Cc1ccccc1OCC(=O)NC(C)c1ccc(S(C)(=O)=O)cc1. The van der Waals surface area contributed by atoms with Crippen molar-refractivity contribution in [1.29, 1.82) is 0 Å². The first-order chi connectivity index (χ1) is 11.3.